The number of rotatable bonds is 3. The lowest BCUT2D eigenvalue weighted by Crippen LogP contribution is -2.34. The van der Waals surface area contributed by atoms with Gasteiger partial charge in [0, 0.05) is 28.8 Å². The minimum Gasteiger partial charge on any atom is -0.267 e. The zero-order chi connectivity index (χ0) is 16.8. The molecule has 1 amide bonds. The van der Waals surface area contributed by atoms with Gasteiger partial charge in [0.25, 0.3) is 11.6 Å². The molecule has 2 saturated carbocycles. The van der Waals surface area contributed by atoms with Crippen LogP contribution >= 0.6 is 0 Å². The van der Waals surface area contributed by atoms with Crippen molar-refractivity contribution in [3.05, 3.63) is 39.9 Å². The first-order valence-electron chi connectivity index (χ1n) is 7.87. The van der Waals surface area contributed by atoms with E-state index in [-0.39, 0.29) is 22.1 Å². The second kappa shape index (κ2) is 5.15. The van der Waals surface area contributed by atoms with Gasteiger partial charge in [0.1, 0.15) is 0 Å². The van der Waals surface area contributed by atoms with Crippen LogP contribution in [0.15, 0.2) is 29.4 Å². The lowest BCUT2D eigenvalue weighted by atomic mass is 9.70. The summed E-state index contributed by atoms with van der Waals surface area (Å²) in [5.41, 5.74) is 3.99. The molecule has 0 unspecified atom stereocenters. The second-order valence-electron chi connectivity index (χ2n) is 7.30. The smallest absolute Gasteiger partial charge is 0.267 e. The zero-order valence-electron chi connectivity index (χ0n) is 13.6. The summed E-state index contributed by atoms with van der Waals surface area (Å²) in [6, 6.07) is 5.68. The molecule has 0 radical (unpaired) electrons. The highest BCUT2D eigenvalue weighted by Gasteiger charge is 2.60. The molecule has 2 aliphatic rings. The zero-order valence-corrected chi connectivity index (χ0v) is 13.6. The molecule has 1 aromatic rings. The molecule has 3 rings (SSSR count). The van der Waals surface area contributed by atoms with E-state index in [4.69, 9.17) is 0 Å². The fraction of sp³-hybridized carbons (Fsp3) is 0.529. The molecule has 2 atom stereocenters. The molecule has 0 aromatic heterocycles. The lowest BCUT2D eigenvalue weighted by Gasteiger charge is -2.34. The first-order valence-corrected chi connectivity index (χ1v) is 7.87. The van der Waals surface area contributed by atoms with E-state index in [0.29, 0.717) is 5.92 Å². The number of amides is 1. The number of carbonyl (C=O) groups is 1. The highest BCUT2D eigenvalue weighted by atomic mass is 16.6. The van der Waals surface area contributed by atoms with Gasteiger partial charge in [-0.15, -0.1) is 0 Å². The van der Waals surface area contributed by atoms with Gasteiger partial charge < -0.3 is 0 Å². The maximum absolute atomic E-state index is 12.2. The van der Waals surface area contributed by atoms with Crippen molar-refractivity contribution in [3.63, 3.8) is 0 Å². The SMILES string of the molecule is CC1(C)[C@H]2CC[C@@]1(C)/C(=N\NC(=O)c1cccc([N+](=O)[O-])c1)C2. The maximum Gasteiger partial charge on any atom is 0.271 e. The van der Waals surface area contributed by atoms with Crippen molar-refractivity contribution in [2.45, 2.75) is 40.0 Å². The Morgan fingerprint density at radius 3 is 2.70 bits per heavy atom. The number of nitro groups is 1. The third-order valence-electron chi connectivity index (χ3n) is 6.12. The Labute approximate surface area is 135 Å². The fourth-order valence-electron chi connectivity index (χ4n) is 4.04. The standard InChI is InChI=1S/C17H21N3O3/c1-16(2)12-7-8-17(16,3)14(10-12)18-19-15(21)11-5-4-6-13(9-11)20(22)23/h4-6,9,12H,7-8,10H2,1-3H3,(H,19,21)/b18-14-/t12-,17-/m0/s1. The molecule has 2 fully saturated rings. The summed E-state index contributed by atoms with van der Waals surface area (Å²) < 4.78 is 0. The average molecular weight is 315 g/mol. The molecular weight excluding hydrogens is 294 g/mol. The first kappa shape index (κ1) is 15.6. The van der Waals surface area contributed by atoms with Gasteiger partial charge in [0.05, 0.1) is 4.92 Å². The summed E-state index contributed by atoms with van der Waals surface area (Å²) in [7, 11) is 0. The van der Waals surface area contributed by atoms with Crippen molar-refractivity contribution in [1.29, 1.82) is 0 Å². The second-order valence-corrected chi connectivity index (χ2v) is 7.30. The van der Waals surface area contributed by atoms with E-state index in [2.05, 4.69) is 31.3 Å². The Hall–Kier alpha value is -2.24. The van der Waals surface area contributed by atoms with Crippen molar-refractivity contribution in [1.82, 2.24) is 5.43 Å². The largest absolute Gasteiger partial charge is 0.271 e. The molecule has 1 aromatic carbocycles. The number of non-ortho nitro benzene ring substituents is 1. The quantitative estimate of drug-likeness (QED) is 0.684. The third-order valence-corrected chi connectivity index (χ3v) is 6.12. The Morgan fingerprint density at radius 2 is 2.13 bits per heavy atom. The van der Waals surface area contributed by atoms with Gasteiger partial charge in [0.2, 0.25) is 0 Å². The van der Waals surface area contributed by atoms with Gasteiger partial charge in [0.15, 0.2) is 0 Å². The molecule has 0 aliphatic heterocycles. The van der Waals surface area contributed by atoms with Gasteiger partial charge in [-0.1, -0.05) is 26.8 Å². The van der Waals surface area contributed by atoms with E-state index < -0.39 is 10.8 Å². The molecule has 122 valence electrons. The number of nitrogens with one attached hydrogen (secondary N) is 1. The summed E-state index contributed by atoms with van der Waals surface area (Å²) >= 11 is 0. The highest BCUT2D eigenvalue weighted by Crippen LogP contribution is 2.63. The van der Waals surface area contributed by atoms with E-state index in [0.717, 1.165) is 18.6 Å². The van der Waals surface area contributed by atoms with Gasteiger partial charge in [-0.3, -0.25) is 14.9 Å². The summed E-state index contributed by atoms with van der Waals surface area (Å²) in [6.07, 6.45) is 3.22. The van der Waals surface area contributed by atoms with Crippen molar-refractivity contribution in [2.24, 2.45) is 21.8 Å². The Bertz CT molecular complexity index is 711. The first-order chi connectivity index (χ1) is 10.8. The number of nitrogens with zero attached hydrogens (tertiary/aromatic N) is 2. The maximum atomic E-state index is 12.2. The number of hydrogen-bond donors (Lipinski definition) is 1. The monoisotopic (exact) mass is 315 g/mol. The van der Waals surface area contributed by atoms with Crippen LogP contribution in [-0.4, -0.2) is 16.5 Å². The van der Waals surface area contributed by atoms with Gasteiger partial charge in [-0.05, 0) is 36.7 Å². The summed E-state index contributed by atoms with van der Waals surface area (Å²) in [6.45, 7) is 6.77. The van der Waals surface area contributed by atoms with Crippen LogP contribution in [0, 0.1) is 26.9 Å². The number of nitro benzene ring substituents is 1. The third kappa shape index (κ3) is 2.33. The molecule has 1 N–H and O–H groups in total. The molecule has 2 bridgehead atoms. The topological polar surface area (TPSA) is 84.6 Å². The van der Waals surface area contributed by atoms with Crippen LogP contribution in [0.2, 0.25) is 0 Å². The lowest BCUT2D eigenvalue weighted by molar-refractivity contribution is -0.384. The minimum atomic E-state index is -0.512. The highest BCUT2D eigenvalue weighted by molar-refractivity contribution is 5.98. The Balaban J connectivity index is 1.78. The van der Waals surface area contributed by atoms with Crippen molar-refractivity contribution in [3.8, 4) is 0 Å². The number of hydrazone groups is 1. The number of carbonyl (C=O) groups excluding carboxylic acids is 1. The molecule has 0 saturated heterocycles. The van der Waals surface area contributed by atoms with Crippen molar-refractivity contribution >= 4 is 17.3 Å². The molecule has 2 aliphatic carbocycles. The summed E-state index contributed by atoms with van der Waals surface area (Å²) in [5.74, 6) is 0.200. The van der Waals surface area contributed by atoms with E-state index in [9.17, 15) is 14.9 Å². The minimum absolute atomic E-state index is 0.0215. The molecule has 6 nitrogen and oxygen atoms in total. The van der Waals surface area contributed by atoms with E-state index in [1.165, 1.54) is 24.6 Å². The van der Waals surface area contributed by atoms with Gasteiger partial charge in [-0.2, -0.15) is 5.10 Å². The summed E-state index contributed by atoms with van der Waals surface area (Å²) in [5, 5.41) is 15.2. The molecule has 0 heterocycles. The van der Waals surface area contributed by atoms with Gasteiger partial charge >= 0.3 is 0 Å². The van der Waals surface area contributed by atoms with Crippen molar-refractivity contribution in [2.75, 3.05) is 0 Å². The predicted molar refractivity (Wildman–Crippen MR) is 87.2 cm³/mol. The van der Waals surface area contributed by atoms with Crippen LogP contribution < -0.4 is 5.43 Å². The predicted octanol–water partition coefficient (Wildman–Crippen LogP) is 3.53. The van der Waals surface area contributed by atoms with Crippen molar-refractivity contribution < 1.29 is 9.72 Å². The molecule has 6 heteroatoms. The summed E-state index contributed by atoms with van der Waals surface area (Å²) in [4.78, 5) is 22.5. The van der Waals surface area contributed by atoms with Crippen LogP contribution in [-0.2, 0) is 0 Å². The van der Waals surface area contributed by atoms with Crippen LogP contribution in [0.1, 0.15) is 50.4 Å². The Kier molecular flexibility index (Phi) is 3.50. The van der Waals surface area contributed by atoms with Crippen LogP contribution in [0.3, 0.4) is 0 Å². The van der Waals surface area contributed by atoms with Crippen LogP contribution in [0.4, 0.5) is 5.69 Å². The average Bonchev–Trinajstić information content (AvgIpc) is 2.85. The fourth-order valence-corrected chi connectivity index (χ4v) is 4.04. The molecule has 0 spiro atoms. The number of benzene rings is 1. The van der Waals surface area contributed by atoms with Crippen LogP contribution in [0.25, 0.3) is 0 Å². The normalized spacial score (nSPS) is 29.7. The van der Waals surface area contributed by atoms with E-state index >= 15 is 0 Å². The Morgan fingerprint density at radius 1 is 1.39 bits per heavy atom. The molecule has 23 heavy (non-hydrogen) atoms. The molecular formula is C17H21N3O3. The van der Waals surface area contributed by atoms with E-state index in [1.54, 1.807) is 6.07 Å². The van der Waals surface area contributed by atoms with Crippen LogP contribution in [0.5, 0.6) is 0 Å². The van der Waals surface area contributed by atoms with E-state index in [1.807, 2.05) is 0 Å². The number of hydrogen-bond acceptors (Lipinski definition) is 4. The number of fused-ring (bicyclic) bond motifs is 2. The van der Waals surface area contributed by atoms with Gasteiger partial charge in [-0.25, -0.2) is 5.43 Å².